The third-order valence-corrected chi connectivity index (χ3v) is 11.3. The Morgan fingerprint density at radius 3 is 1.35 bits per heavy atom. The molecule has 0 aromatic rings. The van der Waals surface area contributed by atoms with Crippen molar-refractivity contribution < 1.29 is 5.11 Å². The van der Waals surface area contributed by atoms with E-state index in [0.29, 0.717) is 23.7 Å². The molecular weight excluding hydrogens is 617 g/mol. The minimum absolute atomic E-state index is 0.147. The molecule has 4 atom stereocenters. The zero-order valence-electron chi connectivity index (χ0n) is 34.7. The molecule has 0 saturated heterocycles. The maximum atomic E-state index is 9.41. The lowest BCUT2D eigenvalue weighted by atomic mass is 9.61. The summed E-state index contributed by atoms with van der Waals surface area (Å²) < 4.78 is 0. The van der Waals surface area contributed by atoms with Gasteiger partial charge in [-0.05, 0) is 111 Å². The highest BCUT2D eigenvalue weighted by atomic mass is 16.3. The predicted octanol–water partition coefficient (Wildman–Crippen LogP) is 14.5. The first-order valence-electron chi connectivity index (χ1n) is 19.3. The van der Waals surface area contributed by atoms with Crippen molar-refractivity contribution in [2.24, 2.45) is 34.5 Å². The van der Waals surface area contributed by atoms with Crippen molar-refractivity contribution in [1.82, 2.24) is 0 Å². The summed E-state index contributed by atoms with van der Waals surface area (Å²) in [5.41, 5.74) is 10.8. The molecule has 0 aromatic carbocycles. The van der Waals surface area contributed by atoms with Gasteiger partial charge in [0.1, 0.15) is 0 Å². The molecule has 4 unspecified atom stereocenters. The lowest BCUT2D eigenvalue weighted by molar-refractivity contribution is 0.154. The fourth-order valence-electron chi connectivity index (χ4n) is 7.42. The maximum Gasteiger partial charge on any atom is 0.0639 e. The van der Waals surface area contributed by atoms with Gasteiger partial charge in [0.05, 0.1) is 6.61 Å². The highest BCUT2D eigenvalue weighted by molar-refractivity contribution is 5.33. The van der Waals surface area contributed by atoms with Crippen LogP contribution in [0.3, 0.4) is 0 Å². The quantitative estimate of drug-likeness (QED) is 0.134. The van der Waals surface area contributed by atoms with Crippen LogP contribution in [0.1, 0.15) is 116 Å². The standard InChI is InChI=1S/C50H72O/c1-37(2)24-30-45-32-28-43(8)47(49(45,10)11)34-26-40(5)22-16-20-38(3)18-14-15-19-39(4)21-17-23-41(6)27-35-48-44(9)29-33-46(50(48,12)13)31-25-42(7)36-51/h14-29,34-35,45-48,51H,30-33,36H2,1-13H3/b15-14+,20-16+,21-17+,34-26+,35-27+,38-18+,39-19+,40-22+,41-23+,42-25+. The second-order valence-electron chi connectivity index (χ2n) is 16.8. The Kier molecular flexibility index (Phi) is 18.2. The Morgan fingerprint density at radius 1 is 0.588 bits per heavy atom. The summed E-state index contributed by atoms with van der Waals surface area (Å²) in [7, 11) is 0. The molecule has 0 spiro atoms. The smallest absolute Gasteiger partial charge is 0.0639 e. The van der Waals surface area contributed by atoms with E-state index in [1.807, 2.05) is 6.92 Å². The molecule has 0 fully saturated rings. The maximum absolute atomic E-state index is 9.41. The van der Waals surface area contributed by atoms with Crippen LogP contribution in [0.5, 0.6) is 0 Å². The molecule has 1 heteroatoms. The van der Waals surface area contributed by atoms with E-state index in [9.17, 15) is 5.11 Å². The van der Waals surface area contributed by atoms with E-state index in [2.05, 4.69) is 192 Å². The molecule has 0 radical (unpaired) electrons. The van der Waals surface area contributed by atoms with Crippen molar-refractivity contribution in [1.29, 1.82) is 0 Å². The SMILES string of the molecule is CC(C)=CCC1CC=C(C)C(/C=C/C(C)=C/C=C/C(C)=C/C=C/C=C(C)/C=C/C=C(C)/C=C/C2C(C)=CCC(C/C=C(\C)CO)C2(C)C)C1(C)C. The third-order valence-electron chi connectivity index (χ3n) is 11.3. The van der Waals surface area contributed by atoms with E-state index >= 15 is 0 Å². The predicted molar refractivity (Wildman–Crippen MR) is 229 cm³/mol. The second kappa shape index (κ2) is 21.2. The Hall–Kier alpha value is -3.42. The average Bonchev–Trinajstić information content (AvgIpc) is 3.05. The molecule has 1 nitrogen and oxygen atoms in total. The highest BCUT2D eigenvalue weighted by Crippen LogP contribution is 2.48. The molecule has 0 bridgehead atoms. The van der Waals surface area contributed by atoms with E-state index in [4.69, 9.17) is 0 Å². The van der Waals surface area contributed by atoms with Crippen LogP contribution in [0.25, 0.3) is 0 Å². The van der Waals surface area contributed by atoms with E-state index in [0.717, 1.165) is 24.8 Å². The Bertz CT molecular complexity index is 1550. The molecule has 0 heterocycles. The first-order valence-corrected chi connectivity index (χ1v) is 19.3. The van der Waals surface area contributed by atoms with Crippen molar-refractivity contribution in [3.63, 3.8) is 0 Å². The Morgan fingerprint density at radius 2 is 0.961 bits per heavy atom. The summed E-state index contributed by atoms with van der Waals surface area (Å²) in [6.45, 7) is 29.5. The van der Waals surface area contributed by atoms with Crippen molar-refractivity contribution in [2.45, 2.75) is 116 Å². The number of hydrogen-bond acceptors (Lipinski definition) is 1. The van der Waals surface area contributed by atoms with Gasteiger partial charge in [-0.15, -0.1) is 0 Å². The average molecular weight is 689 g/mol. The van der Waals surface area contributed by atoms with Gasteiger partial charge in [-0.2, -0.15) is 0 Å². The van der Waals surface area contributed by atoms with E-state index in [-0.39, 0.29) is 17.4 Å². The monoisotopic (exact) mass is 689 g/mol. The largest absolute Gasteiger partial charge is 0.392 e. The molecule has 1 N–H and O–H groups in total. The number of aliphatic hydroxyl groups excluding tert-OH is 1. The van der Waals surface area contributed by atoms with Crippen LogP contribution in [0.2, 0.25) is 0 Å². The zero-order chi connectivity index (χ0) is 38.2. The fraction of sp³-hybridized carbons (Fsp3) is 0.480. The fourth-order valence-corrected chi connectivity index (χ4v) is 7.42. The van der Waals surface area contributed by atoms with Crippen molar-refractivity contribution in [3.05, 3.63) is 154 Å². The molecular formula is C50H72O. The van der Waals surface area contributed by atoms with Gasteiger partial charge in [0.2, 0.25) is 0 Å². The molecule has 2 aliphatic carbocycles. The Labute approximate surface area is 314 Å². The van der Waals surface area contributed by atoms with Gasteiger partial charge in [0, 0.05) is 11.8 Å². The van der Waals surface area contributed by atoms with Crippen LogP contribution < -0.4 is 0 Å². The van der Waals surface area contributed by atoms with Gasteiger partial charge in [0.25, 0.3) is 0 Å². The molecule has 0 aliphatic heterocycles. The van der Waals surface area contributed by atoms with Crippen molar-refractivity contribution in [2.75, 3.05) is 6.61 Å². The van der Waals surface area contributed by atoms with Gasteiger partial charge in [0.15, 0.2) is 0 Å². The summed E-state index contributed by atoms with van der Waals surface area (Å²) in [5, 5.41) is 9.41. The number of rotatable bonds is 15. The third kappa shape index (κ3) is 14.6. The van der Waals surface area contributed by atoms with Crippen LogP contribution in [0, 0.1) is 34.5 Å². The van der Waals surface area contributed by atoms with Gasteiger partial charge in [-0.25, -0.2) is 0 Å². The first kappa shape index (κ1) is 43.7. The summed E-state index contributed by atoms with van der Waals surface area (Å²) in [6, 6.07) is 0. The molecule has 0 amide bonds. The van der Waals surface area contributed by atoms with Crippen molar-refractivity contribution >= 4 is 0 Å². The topological polar surface area (TPSA) is 20.2 Å². The second-order valence-corrected chi connectivity index (χ2v) is 16.8. The van der Waals surface area contributed by atoms with Crippen LogP contribution in [-0.4, -0.2) is 11.7 Å². The molecule has 0 aromatic heterocycles. The number of hydrogen-bond donors (Lipinski definition) is 1. The summed E-state index contributed by atoms with van der Waals surface area (Å²) >= 11 is 0. The van der Waals surface area contributed by atoms with Crippen LogP contribution in [0.4, 0.5) is 0 Å². The molecule has 0 saturated carbocycles. The van der Waals surface area contributed by atoms with Crippen LogP contribution in [0.15, 0.2) is 154 Å². The first-order chi connectivity index (χ1) is 24.0. The Balaban J connectivity index is 1.94. The van der Waals surface area contributed by atoms with Gasteiger partial charge in [-0.3, -0.25) is 0 Å². The molecule has 278 valence electrons. The number of allylic oxidation sites excluding steroid dienone is 25. The molecule has 51 heavy (non-hydrogen) atoms. The van der Waals surface area contributed by atoms with E-state index in [1.54, 1.807) is 0 Å². The minimum atomic E-state index is 0.147. The normalized spacial score (nSPS) is 25.5. The highest BCUT2D eigenvalue weighted by Gasteiger charge is 2.39. The lowest BCUT2D eigenvalue weighted by Gasteiger charge is -2.43. The summed E-state index contributed by atoms with van der Waals surface area (Å²) in [6.07, 6.45) is 44.9. The van der Waals surface area contributed by atoms with Crippen LogP contribution in [-0.2, 0) is 0 Å². The number of aliphatic hydroxyl groups is 1. The van der Waals surface area contributed by atoms with E-state index in [1.165, 1.54) is 45.4 Å². The van der Waals surface area contributed by atoms with Crippen LogP contribution >= 0.6 is 0 Å². The van der Waals surface area contributed by atoms with Gasteiger partial charge in [-0.1, -0.05) is 182 Å². The van der Waals surface area contributed by atoms with Gasteiger partial charge < -0.3 is 5.11 Å². The minimum Gasteiger partial charge on any atom is -0.392 e. The van der Waals surface area contributed by atoms with E-state index < -0.39 is 0 Å². The van der Waals surface area contributed by atoms with Gasteiger partial charge >= 0.3 is 0 Å². The summed E-state index contributed by atoms with van der Waals surface area (Å²) in [4.78, 5) is 0. The molecule has 2 rings (SSSR count). The zero-order valence-corrected chi connectivity index (χ0v) is 34.7. The molecule has 2 aliphatic rings. The lowest BCUT2D eigenvalue weighted by Crippen LogP contribution is -2.35. The van der Waals surface area contributed by atoms with Crippen molar-refractivity contribution in [3.8, 4) is 0 Å². The summed E-state index contributed by atoms with van der Waals surface area (Å²) in [5.74, 6) is 2.12.